The van der Waals surface area contributed by atoms with Crippen LogP contribution >= 0.6 is 22.9 Å². The SMILES string of the molecule is CC(Oc1cc(-c2cnc3ccc(OCCN(C)CCO)cn23)sc1CC(N)=O)c1ccccc1Cl. The molecule has 3 aromatic heterocycles. The minimum atomic E-state index is -0.432. The zero-order chi connectivity index (χ0) is 25.7. The highest BCUT2D eigenvalue weighted by Gasteiger charge is 2.20. The Balaban J connectivity index is 1.60. The molecular weight excluding hydrogens is 500 g/mol. The molecular formula is C26H29ClN4O4S. The zero-order valence-electron chi connectivity index (χ0n) is 20.2. The van der Waals surface area contributed by atoms with E-state index < -0.39 is 5.91 Å². The van der Waals surface area contributed by atoms with Crippen LogP contribution in [0.2, 0.25) is 5.02 Å². The second kappa shape index (κ2) is 11.7. The first kappa shape index (κ1) is 26.0. The van der Waals surface area contributed by atoms with Gasteiger partial charge in [0.25, 0.3) is 0 Å². The Morgan fingerprint density at radius 1 is 1.28 bits per heavy atom. The Morgan fingerprint density at radius 3 is 2.83 bits per heavy atom. The number of carbonyl (C=O) groups is 1. The standard InChI is InChI=1S/C26H29ClN4O4S/c1-17(19-5-3-4-6-20(19)27)35-22-13-23(36-24(22)14-25(28)33)21-15-29-26-8-7-18(16-31(21)26)34-12-10-30(2)9-11-32/h3-8,13,15-17,32H,9-12,14H2,1-2H3,(H2,28,33). The van der Waals surface area contributed by atoms with Crippen LogP contribution in [0.4, 0.5) is 0 Å². The first-order chi connectivity index (χ1) is 17.4. The van der Waals surface area contributed by atoms with Crippen LogP contribution in [0, 0.1) is 0 Å². The number of nitrogens with zero attached hydrogens (tertiary/aromatic N) is 3. The molecule has 8 nitrogen and oxygen atoms in total. The summed E-state index contributed by atoms with van der Waals surface area (Å²) >= 11 is 7.80. The van der Waals surface area contributed by atoms with Gasteiger partial charge in [0.15, 0.2) is 0 Å². The van der Waals surface area contributed by atoms with E-state index in [1.165, 1.54) is 11.3 Å². The number of aromatic nitrogens is 2. The van der Waals surface area contributed by atoms with Crippen LogP contribution in [0.25, 0.3) is 16.2 Å². The van der Waals surface area contributed by atoms with Gasteiger partial charge < -0.3 is 25.2 Å². The number of amides is 1. The molecule has 36 heavy (non-hydrogen) atoms. The lowest BCUT2D eigenvalue weighted by atomic mass is 10.1. The van der Waals surface area contributed by atoms with Crippen molar-refractivity contribution in [2.24, 2.45) is 5.73 Å². The second-order valence-corrected chi connectivity index (χ2v) is 9.98. The van der Waals surface area contributed by atoms with Crippen molar-refractivity contribution >= 4 is 34.5 Å². The maximum Gasteiger partial charge on any atom is 0.222 e. The van der Waals surface area contributed by atoms with E-state index >= 15 is 0 Å². The van der Waals surface area contributed by atoms with Crippen LogP contribution in [0.5, 0.6) is 11.5 Å². The lowest BCUT2D eigenvalue weighted by Gasteiger charge is -2.16. The molecule has 0 saturated heterocycles. The minimum Gasteiger partial charge on any atom is -0.491 e. The van der Waals surface area contributed by atoms with Crippen molar-refractivity contribution < 1.29 is 19.4 Å². The van der Waals surface area contributed by atoms with E-state index in [0.717, 1.165) is 26.7 Å². The largest absolute Gasteiger partial charge is 0.491 e. The van der Waals surface area contributed by atoms with Gasteiger partial charge in [-0.15, -0.1) is 11.3 Å². The Bertz CT molecular complexity index is 1340. The molecule has 0 spiro atoms. The van der Waals surface area contributed by atoms with Crippen LogP contribution in [0.15, 0.2) is 54.9 Å². The number of aliphatic hydroxyl groups excluding tert-OH is 1. The molecule has 0 radical (unpaired) electrons. The summed E-state index contributed by atoms with van der Waals surface area (Å²) in [6, 6.07) is 13.2. The molecule has 0 aliphatic rings. The zero-order valence-corrected chi connectivity index (χ0v) is 21.8. The molecule has 4 rings (SSSR count). The molecule has 3 N–H and O–H groups in total. The smallest absolute Gasteiger partial charge is 0.222 e. The Morgan fingerprint density at radius 2 is 2.08 bits per heavy atom. The number of thiophene rings is 1. The highest BCUT2D eigenvalue weighted by molar-refractivity contribution is 7.15. The summed E-state index contributed by atoms with van der Waals surface area (Å²) in [5, 5.41) is 9.66. The quantitative estimate of drug-likeness (QED) is 0.286. The lowest BCUT2D eigenvalue weighted by molar-refractivity contribution is -0.117. The Hall–Kier alpha value is -3.11. The predicted molar refractivity (Wildman–Crippen MR) is 142 cm³/mol. The van der Waals surface area contributed by atoms with E-state index in [9.17, 15) is 4.79 Å². The number of halogens is 1. The van der Waals surface area contributed by atoms with Crippen molar-refractivity contribution in [1.82, 2.24) is 14.3 Å². The normalized spacial score (nSPS) is 12.2. The third kappa shape index (κ3) is 6.17. The van der Waals surface area contributed by atoms with E-state index in [1.807, 2.05) is 71.9 Å². The van der Waals surface area contributed by atoms with Crippen molar-refractivity contribution in [3.8, 4) is 22.1 Å². The number of pyridine rings is 1. The van der Waals surface area contributed by atoms with Gasteiger partial charge in [-0.1, -0.05) is 29.8 Å². The third-order valence-electron chi connectivity index (χ3n) is 5.71. The Kier molecular flexibility index (Phi) is 8.48. The monoisotopic (exact) mass is 528 g/mol. The molecule has 1 aromatic carbocycles. The fraction of sp³-hybridized carbons (Fsp3) is 0.308. The highest BCUT2D eigenvalue weighted by Crippen LogP contribution is 2.39. The van der Waals surface area contributed by atoms with Gasteiger partial charge in [-0.05, 0) is 32.2 Å². The highest BCUT2D eigenvalue weighted by atomic mass is 35.5. The van der Waals surface area contributed by atoms with Crippen molar-refractivity contribution in [2.75, 3.05) is 33.4 Å². The molecule has 0 aliphatic heterocycles. The molecule has 4 aromatic rings. The van der Waals surface area contributed by atoms with Gasteiger partial charge in [0.2, 0.25) is 5.91 Å². The van der Waals surface area contributed by atoms with Crippen molar-refractivity contribution in [3.05, 3.63) is 70.3 Å². The van der Waals surface area contributed by atoms with Gasteiger partial charge in [0.05, 0.1) is 40.9 Å². The number of carbonyl (C=O) groups excluding carboxylic acids is 1. The molecule has 1 atom stereocenters. The van der Waals surface area contributed by atoms with Gasteiger partial charge >= 0.3 is 0 Å². The first-order valence-corrected chi connectivity index (χ1v) is 12.8. The molecule has 190 valence electrons. The molecule has 0 fully saturated rings. The maximum atomic E-state index is 11.8. The van der Waals surface area contributed by atoms with Crippen LogP contribution in [-0.4, -0.2) is 58.6 Å². The average molecular weight is 529 g/mol. The summed E-state index contributed by atoms with van der Waals surface area (Å²) in [6.07, 6.45) is 3.43. The number of imidazole rings is 1. The van der Waals surface area contributed by atoms with Crippen LogP contribution in [0.1, 0.15) is 23.5 Å². The van der Waals surface area contributed by atoms with Crippen molar-refractivity contribution in [2.45, 2.75) is 19.4 Å². The van der Waals surface area contributed by atoms with E-state index in [2.05, 4.69) is 4.98 Å². The summed E-state index contributed by atoms with van der Waals surface area (Å²) in [6.45, 7) is 3.82. The summed E-state index contributed by atoms with van der Waals surface area (Å²) in [7, 11) is 1.93. The molecule has 0 bridgehead atoms. The molecule has 10 heteroatoms. The third-order valence-corrected chi connectivity index (χ3v) is 7.19. The topological polar surface area (TPSA) is 102 Å². The van der Waals surface area contributed by atoms with E-state index in [0.29, 0.717) is 36.2 Å². The number of hydrogen-bond donors (Lipinski definition) is 2. The molecule has 3 heterocycles. The van der Waals surface area contributed by atoms with Crippen LogP contribution in [-0.2, 0) is 11.2 Å². The number of hydrogen-bond acceptors (Lipinski definition) is 7. The van der Waals surface area contributed by atoms with E-state index in [4.69, 9.17) is 31.9 Å². The number of aliphatic hydroxyl groups is 1. The molecule has 1 unspecified atom stereocenters. The first-order valence-electron chi connectivity index (χ1n) is 11.6. The number of primary amides is 1. The lowest BCUT2D eigenvalue weighted by Crippen LogP contribution is -2.27. The minimum absolute atomic E-state index is 0.0711. The van der Waals surface area contributed by atoms with E-state index in [-0.39, 0.29) is 19.1 Å². The second-order valence-electron chi connectivity index (χ2n) is 8.43. The maximum absolute atomic E-state index is 11.8. The number of fused-ring (bicyclic) bond motifs is 1. The fourth-order valence-electron chi connectivity index (χ4n) is 3.81. The number of likely N-dealkylation sites (N-methyl/N-ethyl adjacent to an activating group) is 1. The van der Waals surface area contributed by atoms with Gasteiger partial charge in [-0.3, -0.25) is 9.20 Å². The molecule has 0 aliphatic carbocycles. The predicted octanol–water partition coefficient (Wildman–Crippen LogP) is 4.19. The summed E-state index contributed by atoms with van der Waals surface area (Å²) in [4.78, 5) is 19.9. The van der Waals surface area contributed by atoms with Crippen molar-refractivity contribution in [3.63, 3.8) is 0 Å². The molecule has 1 amide bonds. The van der Waals surface area contributed by atoms with Crippen molar-refractivity contribution in [1.29, 1.82) is 0 Å². The number of ether oxygens (including phenoxy) is 2. The Labute approximate surface area is 218 Å². The number of rotatable bonds is 12. The number of benzene rings is 1. The van der Waals surface area contributed by atoms with Crippen LogP contribution in [0.3, 0.4) is 0 Å². The summed E-state index contributed by atoms with van der Waals surface area (Å²) in [5.41, 5.74) is 8.00. The van der Waals surface area contributed by atoms with Gasteiger partial charge in [-0.25, -0.2) is 4.98 Å². The van der Waals surface area contributed by atoms with Gasteiger partial charge in [0.1, 0.15) is 29.9 Å². The molecule has 0 saturated carbocycles. The fourth-order valence-corrected chi connectivity index (χ4v) is 5.21. The van der Waals surface area contributed by atoms with Crippen LogP contribution < -0.4 is 15.2 Å². The van der Waals surface area contributed by atoms with Gasteiger partial charge in [0, 0.05) is 29.7 Å². The van der Waals surface area contributed by atoms with Gasteiger partial charge in [-0.2, -0.15) is 0 Å². The summed E-state index contributed by atoms with van der Waals surface area (Å²) < 4.78 is 14.1. The average Bonchev–Trinajstić information content (AvgIpc) is 3.42. The number of nitrogens with two attached hydrogens (primary N) is 1. The van der Waals surface area contributed by atoms with E-state index in [1.54, 1.807) is 6.20 Å². The summed E-state index contributed by atoms with van der Waals surface area (Å²) in [5.74, 6) is 0.867.